The maximum absolute atomic E-state index is 5.75. The van der Waals surface area contributed by atoms with Gasteiger partial charge in [-0.1, -0.05) is 6.92 Å². The molecule has 0 saturated heterocycles. The number of hydrogen-bond acceptors (Lipinski definition) is 2. The Morgan fingerprint density at radius 1 is 1.31 bits per heavy atom. The Balaban J connectivity index is 2.18. The molecule has 2 unspecified atom stereocenters. The molecule has 0 spiro atoms. The lowest BCUT2D eigenvalue weighted by Gasteiger charge is -2.21. The van der Waals surface area contributed by atoms with Gasteiger partial charge in [-0.3, -0.25) is 0 Å². The van der Waals surface area contributed by atoms with Crippen LogP contribution in [0.2, 0.25) is 0 Å². The van der Waals surface area contributed by atoms with Crippen molar-refractivity contribution in [3.8, 4) is 5.75 Å². The first-order valence-electron chi connectivity index (χ1n) is 6.21. The molecule has 2 atom stereocenters. The van der Waals surface area contributed by atoms with Gasteiger partial charge < -0.3 is 9.64 Å². The van der Waals surface area contributed by atoms with E-state index in [1.54, 1.807) is 0 Å². The average Bonchev–Trinajstić information content (AvgIpc) is 2.55. The van der Waals surface area contributed by atoms with Gasteiger partial charge in [0.1, 0.15) is 5.75 Å². The highest BCUT2D eigenvalue weighted by molar-refractivity contribution is 5.67. The molecule has 0 N–H and O–H groups in total. The van der Waals surface area contributed by atoms with Crippen LogP contribution in [0.4, 0.5) is 5.69 Å². The van der Waals surface area contributed by atoms with Gasteiger partial charge in [0.05, 0.1) is 6.61 Å². The summed E-state index contributed by atoms with van der Waals surface area (Å²) in [7, 11) is 2.20. The zero-order chi connectivity index (χ0) is 11.3. The van der Waals surface area contributed by atoms with Gasteiger partial charge in [0.25, 0.3) is 0 Å². The summed E-state index contributed by atoms with van der Waals surface area (Å²) in [5, 5.41) is 0. The minimum atomic E-state index is 0.600. The molecule has 86 valence electrons. The normalized spacial score (nSPS) is 27.3. The van der Waals surface area contributed by atoms with Gasteiger partial charge in [0.2, 0.25) is 0 Å². The Kier molecular flexibility index (Phi) is 2.13. The number of benzene rings is 1. The Morgan fingerprint density at radius 2 is 2.12 bits per heavy atom. The third-order valence-electron chi connectivity index (χ3n) is 4.29. The quantitative estimate of drug-likeness (QED) is 0.662. The molecule has 0 fully saturated rings. The van der Waals surface area contributed by atoms with Crippen molar-refractivity contribution in [2.75, 3.05) is 18.6 Å². The molecule has 2 nitrogen and oxygen atoms in total. The van der Waals surface area contributed by atoms with Crippen LogP contribution in [-0.2, 0) is 6.42 Å². The molecular weight excluding hydrogens is 198 g/mol. The number of anilines is 1. The van der Waals surface area contributed by atoms with Crippen molar-refractivity contribution in [3.63, 3.8) is 0 Å². The zero-order valence-corrected chi connectivity index (χ0v) is 10.3. The van der Waals surface area contributed by atoms with Gasteiger partial charge in [0.15, 0.2) is 0 Å². The first-order chi connectivity index (χ1) is 7.70. The molecule has 1 aromatic carbocycles. The Bertz CT molecular complexity index is 427. The topological polar surface area (TPSA) is 12.5 Å². The highest BCUT2D eigenvalue weighted by Gasteiger charge is 2.33. The van der Waals surface area contributed by atoms with E-state index in [2.05, 4.69) is 37.9 Å². The minimum Gasteiger partial charge on any atom is -0.493 e. The lowest BCUT2D eigenvalue weighted by atomic mass is 9.90. The predicted octanol–water partition coefficient (Wildman–Crippen LogP) is 2.95. The second-order valence-corrected chi connectivity index (χ2v) is 5.07. The molecule has 2 aliphatic heterocycles. The van der Waals surface area contributed by atoms with Crippen LogP contribution >= 0.6 is 0 Å². The zero-order valence-electron chi connectivity index (χ0n) is 10.3. The number of likely N-dealkylation sites (N-methyl/N-ethyl adjacent to an activating group) is 1. The third kappa shape index (κ3) is 1.19. The Hall–Kier alpha value is -1.18. The fraction of sp³-hybridized carbons (Fsp3) is 0.571. The third-order valence-corrected chi connectivity index (χ3v) is 4.29. The molecule has 1 aromatic rings. The molecule has 16 heavy (non-hydrogen) atoms. The lowest BCUT2D eigenvalue weighted by molar-refractivity contribution is 0.287. The molecule has 0 aromatic heterocycles. The summed E-state index contributed by atoms with van der Waals surface area (Å²) in [4.78, 5) is 2.40. The predicted molar refractivity (Wildman–Crippen MR) is 66.5 cm³/mol. The number of rotatable bonds is 0. The molecular formula is C14H19NO. The van der Waals surface area contributed by atoms with Crippen LogP contribution in [0.1, 0.15) is 37.3 Å². The molecule has 0 radical (unpaired) electrons. The van der Waals surface area contributed by atoms with Crippen LogP contribution < -0.4 is 9.64 Å². The van der Waals surface area contributed by atoms with Crippen LogP contribution in [0.25, 0.3) is 0 Å². The summed E-state index contributed by atoms with van der Waals surface area (Å²) >= 11 is 0. The van der Waals surface area contributed by atoms with E-state index < -0.39 is 0 Å². The molecule has 0 aliphatic carbocycles. The summed E-state index contributed by atoms with van der Waals surface area (Å²) in [5.74, 6) is 1.75. The van der Waals surface area contributed by atoms with Crippen LogP contribution in [-0.4, -0.2) is 19.7 Å². The highest BCUT2D eigenvalue weighted by atomic mass is 16.5. The van der Waals surface area contributed by atoms with E-state index in [4.69, 9.17) is 4.74 Å². The Morgan fingerprint density at radius 3 is 2.94 bits per heavy atom. The Labute approximate surface area is 97.2 Å². The molecule has 0 saturated carbocycles. The van der Waals surface area contributed by atoms with E-state index >= 15 is 0 Å². The maximum atomic E-state index is 5.75. The van der Waals surface area contributed by atoms with Gasteiger partial charge in [-0.2, -0.15) is 0 Å². The smallest absolute Gasteiger partial charge is 0.122 e. The van der Waals surface area contributed by atoms with Crippen molar-refractivity contribution in [2.45, 2.75) is 38.6 Å². The summed E-state index contributed by atoms with van der Waals surface area (Å²) < 4.78 is 5.75. The number of hydrogen-bond donors (Lipinski definition) is 0. The largest absolute Gasteiger partial charge is 0.493 e. The van der Waals surface area contributed by atoms with Gasteiger partial charge >= 0.3 is 0 Å². The van der Waals surface area contributed by atoms with Crippen molar-refractivity contribution in [3.05, 3.63) is 23.3 Å². The molecule has 3 rings (SSSR count). The summed E-state index contributed by atoms with van der Waals surface area (Å²) in [6.45, 7) is 5.52. The van der Waals surface area contributed by atoms with Crippen LogP contribution in [0.15, 0.2) is 12.1 Å². The average molecular weight is 217 g/mol. The van der Waals surface area contributed by atoms with Gasteiger partial charge in [0, 0.05) is 24.7 Å². The molecule has 2 heteroatoms. The second kappa shape index (κ2) is 3.41. The van der Waals surface area contributed by atoms with E-state index in [1.807, 2.05) is 0 Å². The number of fused-ring (bicyclic) bond motifs is 3. The lowest BCUT2D eigenvalue weighted by Crippen LogP contribution is -2.25. The van der Waals surface area contributed by atoms with Crippen LogP contribution in [0.5, 0.6) is 5.75 Å². The highest BCUT2D eigenvalue weighted by Crippen LogP contribution is 2.45. The summed E-state index contributed by atoms with van der Waals surface area (Å²) in [5.41, 5.74) is 4.41. The van der Waals surface area contributed by atoms with Crippen molar-refractivity contribution in [1.82, 2.24) is 0 Å². The monoisotopic (exact) mass is 217 g/mol. The fourth-order valence-electron chi connectivity index (χ4n) is 3.07. The minimum absolute atomic E-state index is 0.600. The second-order valence-electron chi connectivity index (χ2n) is 5.07. The fourth-order valence-corrected chi connectivity index (χ4v) is 3.07. The SMILES string of the molecule is CC1c2c(ccc3c2CCCO3)N(C)C1C. The van der Waals surface area contributed by atoms with Crippen molar-refractivity contribution in [2.24, 2.45) is 0 Å². The van der Waals surface area contributed by atoms with E-state index in [1.165, 1.54) is 23.2 Å². The maximum Gasteiger partial charge on any atom is 0.122 e. The molecule has 2 aliphatic rings. The summed E-state index contributed by atoms with van der Waals surface area (Å²) in [6.07, 6.45) is 2.34. The standard InChI is InChI=1S/C14H19NO/c1-9-10(2)15(3)12-6-7-13-11(14(9)12)5-4-8-16-13/h6-7,9-10H,4-5,8H2,1-3H3. The van der Waals surface area contributed by atoms with E-state index in [9.17, 15) is 0 Å². The molecule has 2 heterocycles. The van der Waals surface area contributed by atoms with Gasteiger partial charge in [-0.25, -0.2) is 0 Å². The van der Waals surface area contributed by atoms with Gasteiger partial charge in [-0.15, -0.1) is 0 Å². The molecule has 0 bridgehead atoms. The van der Waals surface area contributed by atoms with Crippen LogP contribution in [0.3, 0.4) is 0 Å². The van der Waals surface area contributed by atoms with Crippen molar-refractivity contribution in [1.29, 1.82) is 0 Å². The van der Waals surface area contributed by atoms with E-state index in [-0.39, 0.29) is 0 Å². The van der Waals surface area contributed by atoms with Crippen molar-refractivity contribution >= 4 is 5.69 Å². The first-order valence-corrected chi connectivity index (χ1v) is 6.21. The van der Waals surface area contributed by atoms with Gasteiger partial charge in [-0.05, 0) is 43.0 Å². The number of ether oxygens (including phenoxy) is 1. The molecule has 0 amide bonds. The van der Waals surface area contributed by atoms with Crippen molar-refractivity contribution < 1.29 is 4.74 Å². The number of nitrogens with zero attached hydrogens (tertiary/aromatic N) is 1. The van der Waals surface area contributed by atoms with Crippen LogP contribution in [0, 0.1) is 0 Å². The van der Waals surface area contributed by atoms with E-state index in [0.29, 0.717) is 12.0 Å². The first kappa shape index (κ1) is 10.0. The van der Waals surface area contributed by atoms with E-state index in [0.717, 1.165) is 18.8 Å². The summed E-state index contributed by atoms with van der Waals surface area (Å²) in [6, 6.07) is 4.97.